The summed E-state index contributed by atoms with van der Waals surface area (Å²) in [5.41, 5.74) is 0.645. The minimum Gasteiger partial charge on any atom is -0.477 e. The predicted molar refractivity (Wildman–Crippen MR) is 61.4 cm³/mol. The lowest BCUT2D eigenvalue weighted by atomic mass is 10.2. The van der Waals surface area contributed by atoms with E-state index in [1.807, 2.05) is 0 Å². The first kappa shape index (κ1) is 12.7. The van der Waals surface area contributed by atoms with Crippen LogP contribution in [-0.2, 0) is 4.79 Å². The summed E-state index contributed by atoms with van der Waals surface area (Å²) in [6.45, 7) is 1.95. The normalized spacial score (nSPS) is 9.00. The monoisotopic (exact) mass is 232 g/mol. The zero-order valence-corrected chi connectivity index (χ0v) is 9.36. The topological polar surface area (TPSA) is 79.3 Å². The van der Waals surface area contributed by atoms with Crippen LogP contribution in [0.1, 0.15) is 29.4 Å². The number of carbonyl (C=O) groups is 2. The maximum Gasteiger partial charge on any atom is 0.354 e. The molecule has 0 spiro atoms. The van der Waals surface area contributed by atoms with Gasteiger partial charge in [-0.2, -0.15) is 0 Å². The molecule has 2 N–H and O–H groups in total. The largest absolute Gasteiger partial charge is 0.477 e. The number of nitrogens with one attached hydrogen (secondary N) is 1. The van der Waals surface area contributed by atoms with E-state index < -0.39 is 5.97 Å². The zero-order valence-electron chi connectivity index (χ0n) is 9.36. The Morgan fingerprint density at radius 2 is 2.24 bits per heavy atom. The molecule has 0 radical (unpaired) electrons. The maximum absolute atomic E-state index is 10.6. The van der Waals surface area contributed by atoms with E-state index in [0.717, 1.165) is 0 Å². The van der Waals surface area contributed by atoms with Gasteiger partial charge >= 0.3 is 5.97 Å². The van der Waals surface area contributed by atoms with Crippen molar-refractivity contribution < 1.29 is 14.7 Å². The number of carbonyl (C=O) groups excluding carboxylic acids is 1. The Morgan fingerprint density at radius 1 is 1.47 bits per heavy atom. The summed E-state index contributed by atoms with van der Waals surface area (Å²) in [5, 5.41) is 11.3. The second-order valence-electron chi connectivity index (χ2n) is 3.27. The van der Waals surface area contributed by atoms with Gasteiger partial charge in [-0.1, -0.05) is 11.8 Å². The highest BCUT2D eigenvalue weighted by molar-refractivity contribution is 5.85. The Kier molecular flexibility index (Phi) is 4.70. The molecule has 5 heteroatoms. The lowest BCUT2D eigenvalue weighted by Gasteiger charge is -1.95. The lowest BCUT2D eigenvalue weighted by Crippen LogP contribution is -2.20. The van der Waals surface area contributed by atoms with E-state index in [0.29, 0.717) is 18.5 Å². The molecule has 1 rings (SSSR count). The highest BCUT2D eigenvalue weighted by atomic mass is 16.4. The van der Waals surface area contributed by atoms with Crippen LogP contribution in [0.25, 0.3) is 0 Å². The Balaban J connectivity index is 2.49. The molecule has 0 unspecified atom stereocenters. The molecule has 0 fully saturated rings. The van der Waals surface area contributed by atoms with Crippen LogP contribution >= 0.6 is 0 Å². The second-order valence-corrected chi connectivity index (χ2v) is 3.27. The molecule has 17 heavy (non-hydrogen) atoms. The zero-order chi connectivity index (χ0) is 12.7. The predicted octanol–water partition coefficient (Wildman–Crippen LogP) is 0.657. The SMILES string of the molecule is CC(=O)NCCC#Cc1ccc(C(=O)O)nc1. The minimum atomic E-state index is -1.06. The van der Waals surface area contributed by atoms with Crippen LogP contribution in [0.5, 0.6) is 0 Å². The summed E-state index contributed by atoms with van der Waals surface area (Å²) in [7, 11) is 0. The van der Waals surface area contributed by atoms with Crippen molar-refractivity contribution in [2.24, 2.45) is 0 Å². The maximum atomic E-state index is 10.6. The van der Waals surface area contributed by atoms with E-state index in [-0.39, 0.29) is 11.6 Å². The van der Waals surface area contributed by atoms with Gasteiger partial charge in [0.05, 0.1) is 0 Å². The van der Waals surface area contributed by atoms with Gasteiger partial charge in [0, 0.05) is 31.6 Å². The van der Waals surface area contributed by atoms with Crippen molar-refractivity contribution >= 4 is 11.9 Å². The van der Waals surface area contributed by atoms with Crippen LogP contribution in [0.4, 0.5) is 0 Å². The second kappa shape index (κ2) is 6.28. The van der Waals surface area contributed by atoms with Crippen LogP contribution in [0, 0.1) is 11.8 Å². The smallest absolute Gasteiger partial charge is 0.354 e. The number of hydrogen-bond acceptors (Lipinski definition) is 3. The van der Waals surface area contributed by atoms with Crippen molar-refractivity contribution in [3.8, 4) is 11.8 Å². The molecule has 0 aliphatic heterocycles. The average Bonchev–Trinajstić information content (AvgIpc) is 2.29. The highest BCUT2D eigenvalue weighted by Crippen LogP contribution is 1.98. The van der Waals surface area contributed by atoms with Crippen molar-refractivity contribution in [3.05, 3.63) is 29.6 Å². The molecule has 0 aliphatic carbocycles. The summed E-state index contributed by atoms with van der Waals surface area (Å²) in [4.78, 5) is 24.8. The number of carboxylic acid groups (broad SMARTS) is 1. The fourth-order valence-corrected chi connectivity index (χ4v) is 1.06. The average molecular weight is 232 g/mol. The molecule has 5 nitrogen and oxygen atoms in total. The fourth-order valence-electron chi connectivity index (χ4n) is 1.06. The standard InChI is InChI=1S/C12H12N2O3/c1-9(15)13-7-3-2-4-10-5-6-11(12(16)17)14-8-10/h5-6,8H,3,7H2,1H3,(H,13,15)(H,16,17). The molecule has 0 aromatic carbocycles. The van der Waals surface area contributed by atoms with Crippen LogP contribution in [0.15, 0.2) is 18.3 Å². The van der Waals surface area contributed by atoms with Crippen molar-refractivity contribution in [2.75, 3.05) is 6.54 Å². The first-order valence-electron chi connectivity index (χ1n) is 5.02. The quantitative estimate of drug-likeness (QED) is 0.592. The summed E-state index contributed by atoms with van der Waals surface area (Å²) < 4.78 is 0. The molecule has 1 amide bonds. The minimum absolute atomic E-state index is 0.00574. The summed E-state index contributed by atoms with van der Waals surface area (Å²) in [5.74, 6) is 4.54. The van der Waals surface area contributed by atoms with Crippen LogP contribution in [0.2, 0.25) is 0 Å². The molecule has 1 heterocycles. The Labute approximate surface area is 98.9 Å². The van der Waals surface area contributed by atoms with E-state index in [1.54, 1.807) is 6.07 Å². The van der Waals surface area contributed by atoms with Gasteiger partial charge in [0.1, 0.15) is 5.69 Å². The van der Waals surface area contributed by atoms with Gasteiger partial charge in [0.25, 0.3) is 0 Å². The molecule has 0 aliphatic rings. The van der Waals surface area contributed by atoms with Crippen LogP contribution < -0.4 is 5.32 Å². The third-order valence-corrected chi connectivity index (χ3v) is 1.84. The van der Waals surface area contributed by atoms with Gasteiger partial charge in [0.2, 0.25) is 5.91 Å². The lowest BCUT2D eigenvalue weighted by molar-refractivity contribution is -0.118. The van der Waals surface area contributed by atoms with Crippen molar-refractivity contribution in [1.82, 2.24) is 10.3 Å². The molecular formula is C12H12N2O3. The molecule has 0 saturated heterocycles. The number of hydrogen-bond donors (Lipinski definition) is 2. The van der Waals surface area contributed by atoms with E-state index in [1.165, 1.54) is 19.2 Å². The van der Waals surface area contributed by atoms with E-state index >= 15 is 0 Å². The summed E-state index contributed by atoms with van der Waals surface area (Å²) in [6, 6.07) is 3.00. The first-order chi connectivity index (χ1) is 8.09. The molecular weight excluding hydrogens is 220 g/mol. The van der Waals surface area contributed by atoms with Crippen LogP contribution in [-0.4, -0.2) is 28.5 Å². The molecule has 1 aromatic rings. The summed E-state index contributed by atoms with van der Waals surface area (Å²) >= 11 is 0. The van der Waals surface area contributed by atoms with Gasteiger partial charge in [-0.3, -0.25) is 4.79 Å². The van der Waals surface area contributed by atoms with Crippen LogP contribution in [0.3, 0.4) is 0 Å². The molecule has 0 saturated carbocycles. The highest BCUT2D eigenvalue weighted by Gasteiger charge is 2.01. The Bertz CT molecular complexity index is 469. The van der Waals surface area contributed by atoms with E-state index in [2.05, 4.69) is 22.1 Å². The molecule has 0 atom stereocenters. The van der Waals surface area contributed by atoms with Gasteiger partial charge < -0.3 is 10.4 Å². The van der Waals surface area contributed by atoms with E-state index in [4.69, 9.17) is 5.11 Å². The first-order valence-corrected chi connectivity index (χ1v) is 5.02. The van der Waals surface area contributed by atoms with E-state index in [9.17, 15) is 9.59 Å². The number of carboxylic acids is 1. The Hall–Kier alpha value is -2.35. The number of aromatic nitrogens is 1. The molecule has 0 bridgehead atoms. The third kappa shape index (κ3) is 4.80. The van der Waals surface area contributed by atoms with Gasteiger partial charge in [-0.25, -0.2) is 9.78 Å². The van der Waals surface area contributed by atoms with Gasteiger partial charge in [-0.05, 0) is 12.1 Å². The third-order valence-electron chi connectivity index (χ3n) is 1.84. The van der Waals surface area contributed by atoms with Crippen molar-refractivity contribution in [2.45, 2.75) is 13.3 Å². The summed E-state index contributed by atoms with van der Waals surface area (Å²) in [6.07, 6.45) is 1.95. The van der Waals surface area contributed by atoms with Crippen molar-refractivity contribution in [1.29, 1.82) is 0 Å². The number of amides is 1. The number of aromatic carboxylic acids is 1. The molecule has 1 aromatic heterocycles. The van der Waals surface area contributed by atoms with Crippen molar-refractivity contribution in [3.63, 3.8) is 0 Å². The number of rotatable bonds is 3. The van der Waals surface area contributed by atoms with Gasteiger partial charge in [0.15, 0.2) is 0 Å². The Morgan fingerprint density at radius 3 is 2.76 bits per heavy atom. The molecule has 88 valence electrons. The number of pyridine rings is 1. The van der Waals surface area contributed by atoms with Gasteiger partial charge in [-0.15, -0.1) is 0 Å². The fraction of sp³-hybridized carbons (Fsp3) is 0.250. The number of nitrogens with zero attached hydrogens (tertiary/aromatic N) is 1.